The number of amides is 2. The van der Waals surface area contributed by atoms with Crippen LogP contribution in [0.3, 0.4) is 0 Å². The summed E-state index contributed by atoms with van der Waals surface area (Å²) >= 11 is 0. The van der Waals surface area contributed by atoms with E-state index in [1.807, 2.05) is 0 Å². The van der Waals surface area contributed by atoms with E-state index in [1.54, 1.807) is 31.2 Å². The van der Waals surface area contributed by atoms with Crippen LogP contribution < -0.4 is 15.4 Å². The van der Waals surface area contributed by atoms with Crippen molar-refractivity contribution in [1.29, 1.82) is 0 Å². The van der Waals surface area contributed by atoms with Crippen LogP contribution in [0.4, 0.5) is 17.6 Å². The molecule has 9 heteroatoms. The number of rotatable bonds is 8. The second-order valence-electron chi connectivity index (χ2n) is 6.50. The van der Waals surface area contributed by atoms with Crippen LogP contribution >= 0.6 is 0 Å². The molecule has 2 aromatic carbocycles. The maximum Gasteiger partial charge on any atom is 0.416 e. The maximum absolute atomic E-state index is 13.2. The largest absolute Gasteiger partial charge is 0.494 e. The number of alkyl halides is 3. The van der Waals surface area contributed by atoms with Gasteiger partial charge in [-0.25, -0.2) is 4.39 Å². The van der Waals surface area contributed by atoms with Crippen LogP contribution in [0.1, 0.15) is 43.0 Å². The summed E-state index contributed by atoms with van der Waals surface area (Å²) in [5, 5.41) is 5.06. The van der Waals surface area contributed by atoms with E-state index >= 15 is 0 Å². The average molecular weight is 426 g/mol. The third-order valence-electron chi connectivity index (χ3n) is 4.21. The molecule has 30 heavy (non-hydrogen) atoms. The molecule has 2 aromatic rings. The van der Waals surface area contributed by atoms with Crippen molar-refractivity contribution < 1.29 is 31.9 Å². The highest BCUT2D eigenvalue weighted by atomic mass is 19.4. The van der Waals surface area contributed by atoms with Gasteiger partial charge >= 0.3 is 6.18 Å². The zero-order valence-corrected chi connectivity index (χ0v) is 16.5. The van der Waals surface area contributed by atoms with Crippen LogP contribution in [-0.4, -0.2) is 18.4 Å². The molecule has 0 aromatic heterocycles. The Morgan fingerprint density at radius 2 is 1.83 bits per heavy atom. The van der Waals surface area contributed by atoms with E-state index in [-0.39, 0.29) is 17.9 Å². The molecular weight excluding hydrogens is 404 g/mol. The van der Waals surface area contributed by atoms with Gasteiger partial charge in [0.25, 0.3) is 0 Å². The Morgan fingerprint density at radius 3 is 2.47 bits per heavy atom. The molecule has 162 valence electrons. The van der Waals surface area contributed by atoms with Crippen molar-refractivity contribution in [2.75, 3.05) is 6.61 Å². The topological polar surface area (TPSA) is 67.4 Å². The molecule has 2 amide bonds. The average Bonchev–Trinajstić information content (AvgIpc) is 2.66. The van der Waals surface area contributed by atoms with Gasteiger partial charge in [-0.2, -0.15) is 13.2 Å². The van der Waals surface area contributed by atoms with Crippen LogP contribution in [0.15, 0.2) is 42.5 Å². The van der Waals surface area contributed by atoms with Crippen molar-refractivity contribution in [2.24, 2.45) is 0 Å². The van der Waals surface area contributed by atoms with Gasteiger partial charge in [-0.05, 0) is 30.7 Å². The number of carbonyl (C=O) groups excluding carboxylic acids is 2. The Labute approximate surface area is 171 Å². The van der Waals surface area contributed by atoms with Crippen molar-refractivity contribution in [3.8, 4) is 5.75 Å². The van der Waals surface area contributed by atoms with Gasteiger partial charge in [-0.15, -0.1) is 0 Å². The highest BCUT2D eigenvalue weighted by Gasteiger charge is 2.33. The SMILES string of the molecule is CCOc1ccccc1C(CC(=O)NCc1ccc(F)cc1C(F)(F)F)NC(C)=O. The minimum atomic E-state index is -4.75. The van der Waals surface area contributed by atoms with E-state index in [0.29, 0.717) is 24.0 Å². The van der Waals surface area contributed by atoms with Crippen LogP contribution in [-0.2, 0) is 22.3 Å². The number of carbonyl (C=O) groups is 2. The number of halogens is 4. The second-order valence-corrected chi connectivity index (χ2v) is 6.50. The fraction of sp³-hybridized carbons (Fsp3) is 0.333. The normalized spacial score (nSPS) is 12.2. The van der Waals surface area contributed by atoms with E-state index in [9.17, 15) is 27.2 Å². The van der Waals surface area contributed by atoms with Crippen molar-refractivity contribution in [1.82, 2.24) is 10.6 Å². The predicted molar refractivity (Wildman–Crippen MR) is 102 cm³/mol. The van der Waals surface area contributed by atoms with Gasteiger partial charge in [0.05, 0.1) is 24.6 Å². The molecule has 0 aliphatic heterocycles. The highest BCUT2D eigenvalue weighted by molar-refractivity contribution is 5.79. The highest BCUT2D eigenvalue weighted by Crippen LogP contribution is 2.32. The van der Waals surface area contributed by atoms with E-state index < -0.39 is 36.1 Å². The third kappa shape index (κ3) is 6.47. The first kappa shape index (κ1) is 23.2. The molecule has 2 N–H and O–H groups in total. The Balaban J connectivity index is 2.16. The molecule has 0 saturated carbocycles. The Bertz CT molecular complexity index is 900. The number of benzene rings is 2. The van der Waals surface area contributed by atoms with Crippen molar-refractivity contribution in [3.63, 3.8) is 0 Å². The zero-order chi connectivity index (χ0) is 22.3. The minimum absolute atomic E-state index is 0.216. The third-order valence-corrected chi connectivity index (χ3v) is 4.21. The summed E-state index contributed by atoms with van der Waals surface area (Å²) in [4.78, 5) is 24.0. The molecule has 2 rings (SSSR count). The Morgan fingerprint density at radius 1 is 1.13 bits per heavy atom. The van der Waals surface area contributed by atoms with Gasteiger partial charge in [0.2, 0.25) is 11.8 Å². The first-order valence-electron chi connectivity index (χ1n) is 9.23. The molecule has 1 unspecified atom stereocenters. The lowest BCUT2D eigenvalue weighted by Gasteiger charge is -2.21. The lowest BCUT2D eigenvalue weighted by Crippen LogP contribution is -2.33. The van der Waals surface area contributed by atoms with Gasteiger partial charge < -0.3 is 15.4 Å². The van der Waals surface area contributed by atoms with E-state index in [2.05, 4.69) is 10.6 Å². The van der Waals surface area contributed by atoms with E-state index in [1.165, 1.54) is 6.92 Å². The van der Waals surface area contributed by atoms with Gasteiger partial charge in [-0.1, -0.05) is 24.3 Å². The molecule has 0 spiro atoms. The lowest BCUT2D eigenvalue weighted by atomic mass is 10.0. The molecule has 0 aliphatic carbocycles. The minimum Gasteiger partial charge on any atom is -0.494 e. The first-order chi connectivity index (χ1) is 14.1. The molecule has 1 atom stereocenters. The van der Waals surface area contributed by atoms with Gasteiger partial charge in [0.1, 0.15) is 11.6 Å². The maximum atomic E-state index is 13.2. The number of ether oxygens (including phenoxy) is 1. The standard InChI is InChI=1S/C21H22F4N2O3/c1-3-30-19-7-5-4-6-16(19)18(27-13(2)28)11-20(29)26-12-14-8-9-15(22)10-17(14)21(23,24)25/h4-10,18H,3,11-12H2,1-2H3,(H,26,29)(H,27,28). The molecule has 0 aliphatic rings. The van der Waals surface area contributed by atoms with Crippen molar-refractivity contribution in [2.45, 2.75) is 39.0 Å². The molecule has 0 bridgehead atoms. The summed E-state index contributed by atoms with van der Waals surface area (Å²) in [5.41, 5.74) is -0.839. The molecule has 0 heterocycles. The molecule has 5 nitrogen and oxygen atoms in total. The summed E-state index contributed by atoms with van der Waals surface area (Å²) < 4.78 is 58.1. The van der Waals surface area contributed by atoms with E-state index in [0.717, 1.165) is 12.1 Å². The van der Waals surface area contributed by atoms with Gasteiger partial charge in [0.15, 0.2) is 0 Å². The van der Waals surface area contributed by atoms with Crippen LogP contribution in [0, 0.1) is 5.82 Å². The number of hydrogen-bond acceptors (Lipinski definition) is 3. The predicted octanol–water partition coefficient (Wildman–Crippen LogP) is 4.13. The van der Waals surface area contributed by atoms with Crippen molar-refractivity contribution >= 4 is 11.8 Å². The zero-order valence-electron chi connectivity index (χ0n) is 16.5. The second kappa shape index (κ2) is 10.1. The summed E-state index contributed by atoms with van der Waals surface area (Å²) in [6.45, 7) is 3.02. The Kier molecular flexibility index (Phi) is 7.79. The summed E-state index contributed by atoms with van der Waals surface area (Å²) in [6, 6.07) is 8.38. The smallest absolute Gasteiger partial charge is 0.416 e. The fourth-order valence-corrected chi connectivity index (χ4v) is 2.96. The van der Waals surface area contributed by atoms with E-state index in [4.69, 9.17) is 4.74 Å². The number of para-hydroxylation sites is 1. The van der Waals surface area contributed by atoms with Gasteiger partial charge in [0, 0.05) is 19.0 Å². The summed E-state index contributed by atoms with van der Waals surface area (Å²) in [7, 11) is 0. The molecule has 0 radical (unpaired) electrons. The molecule has 0 fully saturated rings. The molecule has 0 saturated heterocycles. The van der Waals surface area contributed by atoms with Crippen LogP contribution in [0.2, 0.25) is 0 Å². The van der Waals surface area contributed by atoms with Gasteiger partial charge in [-0.3, -0.25) is 9.59 Å². The summed E-state index contributed by atoms with van der Waals surface area (Å²) in [5.74, 6) is -1.49. The first-order valence-corrected chi connectivity index (χ1v) is 9.23. The quantitative estimate of drug-likeness (QED) is 0.624. The molecular formula is C21H22F4N2O3. The van der Waals surface area contributed by atoms with Crippen molar-refractivity contribution in [3.05, 3.63) is 65.0 Å². The summed E-state index contributed by atoms with van der Waals surface area (Å²) in [6.07, 6.45) is -4.97. The Hall–Kier alpha value is -3.10. The van der Waals surface area contributed by atoms with Crippen LogP contribution in [0.25, 0.3) is 0 Å². The monoisotopic (exact) mass is 426 g/mol. The fourth-order valence-electron chi connectivity index (χ4n) is 2.96. The lowest BCUT2D eigenvalue weighted by molar-refractivity contribution is -0.138. The number of hydrogen-bond donors (Lipinski definition) is 2. The number of nitrogens with one attached hydrogen (secondary N) is 2. The van der Waals surface area contributed by atoms with Crippen LogP contribution in [0.5, 0.6) is 5.75 Å².